The summed E-state index contributed by atoms with van der Waals surface area (Å²) in [5.74, 6) is 0.681. The van der Waals surface area contributed by atoms with Crippen LogP contribution in [0.5, 0.6) is 0 Å². The summed E-state index contributed by atoms with van der Waals surface area (Å²) in [6, 6.07) is 0. The molecule has 0 saturated heterocycles. The maximum atomic E-state index is 12.0. The number of nitrogens with zero attached hydrogens (tertiary/aromatic N) is 2. The Morgan fingerprint density at radius 3 is 2.89 bits per heavy atom. The summed E-state index contributed by atoms with van der Waals surface area (Å²) in [4.78, 5) is 12.0. The molecule has 0 spiro atoms. The lowest BCUT2D eigenvalue weighted by Gasteiger charge is -2.27. The number of nitrogens with one attached hydrogen (secondary N) is 1. The molecule has 1 fully saturated rings. The Morgan fingerprint density at radius 2 is 2.33 bits per heavy atom. The molecule has 1 N–H and O–H groups in total. The molecule has 0 unspecified atom stereocenters. The first kappa shape index (κ1) is 13.3. The van der Waals surface area contributed by atoms with Crippen LogP contribution in [0, 0.1) is 5.92 Å². The van der Waals surface area contributed by atoms with E-state index in [0.29, 0.717) is 16.9 Å². The SMILES string of the molecule is C=CCn1ncc(NC(C)(C)C2CC2)c(Br)c1=O. The smallest absolute Gasteiger partial charge is 0.283 e. The first-order chi connectivity index (χ1) is 8.45. The van der Waals surface area contributed by atoms with Gasteiger partial charge in [0, 0.05) is 5.54 Å². The number of halogens is 1. The third-order valence-electron chi connectivity index (χ3n) is 3.34. The van der Waals surface area contributed by atoms with Gasteiger partial charge in [-0.1, -0.05) is 6.08 Å². The van der Waals surface area contributed by atoms with Crippen LogP contribution in [-0.4, -0.2) is 15.3 Å². The first-order valence-electron chi connectivity index (χ1n) is 6.10. The van der Waals surface area contributed by atoms with Crippen LogP contribution in [0.2, 0.25) is 0 Å². The standard InChI is InChI=1S/C13H18BrN3O/c1-4-7-17-12(18)11(14)10(8-15-17)16-13(2,3)9-5-6-9/h4,8-9,16H,1,5-7H2,2-3H3. The zero-order valence-corrected chi connectivity index (χ0v) is 12.3. The van der Waals surface area contributed by atoms with Crippen molar-refractivity contribution in [2.24, 2.45) is 5.92 Å². The maximum absolute atomic E-state index is 12.0. The van der Waals surface area contributed by atoms with Gasteiger partial charge in [-0.05, 0) is 48.5 Å². The first-order valence-corrected chi connectivity index (χ1v) is 6.89. The van der Waals surface area contributed by atoms with Crippen molar-refractivity contribution >= 4 is 21.6 Å². The van der Waals surface area contributed by atoms with Crippen molar-refractivity contribution in [3.05, 3.63) is 33.7 Å². The maximum Gasteiger partial charge on any atom is 0.283 e. The Labute approximate surface area is 115 Å². The van der Waals surface area contributed by atoms with E-state index >= 15 is 0 Å². The zero-order valence-electron chi connectivity index (χ0n) is 10.7. The van der Waals surface area contributed by atoms with Gasteiger partial charge in [-0.3, -0.25) is 4.79 Å². The quantitative estimate of drug-likeness (QED) is 0.851. The van der Waals surface area contributed by atoms with Gasteiger partial charge in [0.25, 0.3) is 5.56 Å². The van der Waals surface area contributed by atoms with Crippen molar-refractivity contribution in [3.63, 3.8) is 0 Å². The Kier molecular flexibility index (Phi) is 3.61. The fourth-order valence-electron chi connectivity index (χ4n) is 2.06. The monoisotopic (exact) mass is 311 g/mol. The fraction of sp³-hybridized carbons (Fsp3) is 0.538. The Morgan fingerprint density at radius 1 is 1.67 bits per heavy atom. The summed E-state index contributed by atoms with van der Waals surface area (Å²) >= 11 is 3.35. The Hall–Kier alpha value is -1.10. The molecule has 0 aromatic carbocycles. The molecule has 1 heterocycles. The third-order valence-corrected chi connectivity index (χ3v) is 4.11. The van der Waals surface area contributed by atoms with Crippen molar-refractivity contribution in [1.82, 2.24) is 9.78 Å². The molecular formula is C13H18BrN3O. The van der Waals surface area contributed by atoms with Gasteiger partial charge in [0.15, 0.2) is 0 Å². The van der Waals surface area contributed by atoms with Crippen molar-refractivity contribution in [3.8, 4) is 0 Å². The van der Waals surface area contributed by atoms with E-state index in [9.17, 15) is 4.79 Å². The van der Waals surface area contributed by atoms with Gasteiger partial charge in [-0.25, -0.2) is 4.68 Å². The lowest BCUT2D eigenvalue weighted by molar-refractivity contribution is 0.493. The van der Waals surface area contributed by atoms with Crippen molar-refractivity contribution in [1.29, 1.82) is 0 Å². The molecular weight excluding hydrogens is 294 g/mol. The van der Waals surface area contributed by atoms with Crippen molar-refractivity contribution in [2.75, 3.05) is 5.32 Å². The summed E-state index contributed by atoms with van der Waals surface area (Å²) in [6.45, 7) is 8.35. The van der Waals surface area contributed by atoms with E-state index < -0.39 is 0 Å². The Bertz CT molecular complexity index is 517. The highest BCUT2D eigenvalue weighted by Crippen LogP contribution is 2.41. The minimum absolute atomic E-state index is 0.00125. The molecule has 0 radical (unpaired) electrons. The summed E-state index contributed by atoms with van der Waals surface area (Å²) in [5, 5.41) is 7.54. The van der Waals surface area contributed by atoms with E-state index in [4.69, 9.17) is 0 Å². The van der Waals surface area contributed by atoms with Crippen LogP contribution in [0.25, 0.3) is 0 Å². The third kappa shape index (κ3) is 2.66. The molecule has 4 nitrogen and oxygen atoms in total. The number of aromatic nitrogens is 2. The largest absolute Gasteiger partial charge is 0.378 e. The van der Waals surface area contributed by atoms with Gasteiger partial charge < -0.3 is 5.32 Å². The van der Waals surface area contributed by atoms with Crippen LogP contribution in [0.4, 0.5) is 5.69 Å². The summed E-state index contributed by atoms with van der Waals surface area (Å²) in [5.41, 5.74) is 0.630. The van der Waals surface area contributed by atoms with E-state index in [-0.39, 0.29) is 11.1 Å². The summed E-state index contributed by atoms with van der Waals surface area (Å²) in [7, 11) is 0. The van der Waals surface area contributed by atoms with E-state index in [1.165, 1.54) is 17.5 Å². The molecule has 18 heavy (non-hydrogen) atoms. The van der Waals surface area contributed by atoms with E-state index in [0.717, 1.165) is 5.69 Å². The molecule has 5 heteroatoms. The van der Waals surface area contributed by atoms with E-state index in [1.54, 1.807) is 12.3 Å². The molecule has 0 aliphatic heterocycles. The zero-order chi connectivity index (χ0) is 13.3. The van der Waals surface area contributed by atoms with Gasteiger partial charge in [-0.2, -0.15) is 5.10 Å². The average molecular weight is 312 g/mol. The Balaban J connectivity index is 2.26. The van der Waals surface area contributed by atoms with Crippen LogP contribution < -0.4 is 10.9 Å². The van der Waals surface area contributed by atoms with Gasteiger partial charge in [0.1, 0.15) is 4.47 Å². The lowest BCUT2D eigenvalue weighted by Crippen LogP contribution is -2.35. The molecule has 0 amide bonds. The van der Waals surface area contributed by atoms with Gasteiger partial charge in [-0.15, -0.1) is 6.58 Å². The fourth-order valence-corrected chi connectivity index (χ4v) is 2.46. The summed E-state index contributed by atoms with van der Waals surface area (Å²) in [6.07, 6.45) is 5.85. The minimum Gasteiger partial charge on any atom is -0.378 e. The average Bonchev–Trinajstić information content (AvgIpc) is 3.13. The van der Waals surface area contributed by atoms with Gasteiger partial charge in [0.05, 0.1) is 18.4 Å². The van der Waals surface area contributed by atoms with Gasteiger partial charge >= 0.3 is 0 Å². The highest BCUT2D eigenvalue weighted by Gasteiger charge is 2.38. The highest BCUT2D eigenvalue weighted by molar-refractivity contribution is 9.10. The van der Waals surface area contributed by atoms with Crippen LogP contribution >= 0.6 is 15.9 Å². The van der Waals surface area contributed by atoms with Crippen LogP contribution in [0.15, 0.2) is 28.1 Å². The van der Waals surface area contributed by atoms with E-state index in [1.807, 2.05) is 0 Å². The second-order valence-electron chi connectivity index (χ2n) is 5.27. The van der Waals surface area contributed by atoms with Crippen molar-refractivity contribution < 1.29 is 0 Å². The molecule has 1 aromatic heterocycles. The molecule has 0 bridgehead atoms. The predicted octanol–water partition coefficient (Wildman–Crippen LogP) is 2.79. The highest BCUT2D eigenvalue weighted by atomic mass is 79.9. The van der Waals surface area contributed by atoms with E-state index in [2.05, 4.69) is 46.8 Å². The molecule has 0 atom stereocenters. The van der Waals surface area contributed by atoms with Gasteiger partial charge in [0.2, 0.25) is 0 Å². The lowest BCUT2D eigenvalue weighted by atomic mass is 9.98. The molecule has 1 aliphatic carbocycles. The molecule has 2 rings (SSSR count). The summed E-state index contributed by atoms with van der Waals surface area (Å²) < 4.78 is 1.92. The van der Waals surface area contributed by atoms with Crippen LogP contribution in [-0.2, 0) is 6.54 Å². The minimum atomic E-state index is -0.133. The number of allylic oxidation sites excluding steroid dienone is 1. The normalized spacial score (nSPS) is 15.5. The predicted molar refractivity (Wildman–Crippen MR) is 76.8 cm³/mol. The number of hydrogen-bond acceptors (Lipinski definition) is 3. The molecule has 1 aromatic rings. The molecule has 1 saturated carbocycles. The molecule has 98 valence electrons. The van der Waals surface area contributed by atoms with Crippen molar-refractivity contribution in [2.45, 2.75) is 38.8 Å². The number of anilines is 1. The topological polar surface area (TPSA) is 46.9 Å². The molecule has 1 aliphatic rings. The van der Waals surface area contributed by atoms with Crippen LogP contribution in [0.1, 0.15) is 26.7 Å². The number of rotatable bonds is 5. The van der Waals surface area contributed by atoms with Crippen LogP contribution in [0.3, 0.4) is 0 Å². The second-order valence-corrected chi connectivity index (χ2v) is 6.06. The number of hydrogen-bond donors (Lipinski definition) is 1. The second kappa shape index (κ2) is 4.88.